The van der Waals surface area contributed by atoms with Crippen LogP contribution >= 0.6 is 0 Å². The van der Waals surface area contributed by atoms with Crippen LogP contribution < -0.4 is 5.32 Å². The number of hydrogen-bond acceptors (Lipinski definition) is 4. The fraction of sp³-hybridized carbons (Fsp3) is 0.200. The first kappa shape index (κ1) is 8.74. The molecule has 0 aliphatic heterocycles. The predicted molar refractivity (Wildman–Crippen MR) is 54.0 cm³/mol. The van der Waals surface area contributed by atoms with E-state index in [2.05, 4.69) is 15.3 Å². The number of furan rings is 1. The fourth-order valence-corrected chi connectivity index (χ4v) is 1.23. The second kappa shape index (κ2) is 3.49. The summed E-state index contributed by atoms with van der Waals surface area (Å²) in [5, 5.41) is 2.91. The van der Waals surface area contributed by atoms with Crippen LogP contribution in [-0.2, 0) is 0 Å². The molecule has 0 saturated carbocycles. The van der Waals surface area contributed by atoms with Gasteiger partial charge in [-0.3, -0.25) is 0 Å². The average Bonchev–Trinajstić information content (AvgIpc) is 2.69. The van der Waals surface area contributed by atoms with Crippen LogP contribution in [0.15, 0.2) is 28.9 Å². The van der Waals surface area contributed by atoms with Gasteiger partial charge in [0.2, 0.25) is 5.95 Å². The van der Waals surface area contributed by atoms with Crippen molar-refractivity contribution in [2.24, 2.45) is 0 Å². The Morgan fingerprint density at radius 2 is 2.21 bits per heavy atom. The molecule has 4 nitrogen and oxygen atoms in total. The van der Waals surface area contributed by atoms with Gasteiger partial charge in [-0.2, -0.15) is 0 Å². The molecule has 4 heteroatoms. The first-order valence-corrected chi connectivity index (χ1v) is 4.37. The molecule has 0 saturated heterocycles. The summed E-state index contributed by atoms with van der Waals surface area (Å²) in [7, 11) is 1.79. The lowest BCUT2D eigenvalue weighted by atomic mass is 10.3. The van der Waals surface area contributed by atoms with Crippen molar-refractivity contribution in [1.82, 2.24) is 9.97 Å². The summed E-state index contributed by atoms with van der Waals surface area (Å²) in [6.07, 6.45) is 1.63. The summed E-state index contributed by atoms with van der Waals surface area (Å²) < 4.78 is 5.26. The van der Waals surface area contributed by atoms with E-state index in [1.165, 1.54) is 0 Å². The first-order chi connectivity index (χ1) is 6.79. The third kappa shape index (κ3) is 1.59. The zero-order valence-corrected chi connectivity index (χ0v) is 8.11. The Morgan fingerprint density at radius 1 is 1.36 bits per heavy atom. The molecule has 0 fully saturated rings. The molecule has 2 rings (SSSR count). The molecule has 0 radical (unpaired) electrons. The van der Waals surface area contributed by atoms with E-state index in [4.69, 9.17) is 4.42 Å². The molecular weight excluding hydrogens is 178 g/mol. The van der Waals surface area contributed by atoms with Crippen LogP contribution in [0.5, 0.6) is 0 Å². The molecule has 2 aromatic heterocycles. The van der Waals surface area contributed by atoms with Gasteiger partial charge in [0.25, 0.3) is 0 Å². The zero-order valence-electron chi connectivity index (χ0n) is 8.11. The van der Waals surface area contributed by atoms with E-state index >= 15 is 0 Å². The van der Waals surface area contributed by atoms with Crippen molar-refractivity contribution in [3.8, 4) is 11.5 Å². The van der Waals surface area contributed by atoms with Crippen LogP contribution in [0.3, 0.4) is 0 Å². The molecule has 0 atom stereocenters. The molecule has 72 valence electrons. The zero-order chi connectivity index (χ0) is 9.97. The molecule has 2 aromatic rings. The van der Waals surface area contributed by atoms with Gasteiger partial charge in [0.05, 0.1) is 6.26 Å². The molecule has 0 aliphatic rings. The second-order valence-electron chi connectivity index (χ2n) is 2.95. The van der Waals surface area contributed by atoms with Crippen LogP contribution in [0.1, 0.15) is 5.69 Å². The third-order valence-electron chi connectivity index (χ3n) is 1.85. The Hall–Kier alpha value is -1.84. The highest BCUT2D eigenvalue weighted by Gasteiger charge is 2.05. The molecule has 14 heavy (non-hydrogen) atoms. The third-order valence-corrected chi connectivity index (χ3v) is 1.85. The van der Waals surface area contributed by atoms with Gasteiger partial charge < -0.3 is 9.73 Å². The number of aromatic nitrogens is 2. The van der Waals surface area contributed by atoms with Gasteiger partial charge in [-0.15, -0.1) is 0 Å². The molecule has 1 N–H and O–H groups in total. The summed E-state index contributed by atoms with van der Waals surface area (Å²) in [6.45, 7) is 1.93. The molecule has 0 bridgehead atoms. The Kier molecular flexibility index (Phi) is 2.18. The number of rotatable bonds is 2. The topological polar surface area (TPSA) is 51.0 Å². The van der Waals surface area contributed by atoms with Crippen LogP contribution in [0, 0.1) is 6.92 Å². The minimum absolute atomic E-state index is 0.608. The van der Waals surface area contributed by atoms with E-state index < -0.39 is 0 Å². The Balaban J connectivity index is 2.48. The normalized spacial score (nSPS) is 10.1. The average molecular weight is 189 g/mol. The highest BCUT2D eigenvalue weighted by atomic mass is 16.3. The smallest absolute Gasteiger partial charge is 0.223 e. The fourth-order valence-electron chi connectivity index (χ4n) is 1.23. The molecule has 0 aliphatic carbocycles. The quantitative estimate of drug-likeness (QED) is 0.785. The van der Waals surface area contributed by atoms with Gasteiger partial charge in [0, 0.05) is 12.7 Å². The summed E-state index contributed by atoms with van der Waals surface area (Å²) in [4.78, 5) is 8.48. The number of nitrogens with zero attached hydrogens (tertiary/aromatic N) is 2. The van der Waals surface area contributed by atoms with E-state index in [0.29, 0.717) is 5.95 Å². The van der Waals surface area contributed by atoms with E-state index in [1.54, 1.807) is 13.3 Å². The summed E-state index contributed by atoms with van der Waals surface area (Å²) >= 11 is 0. The minimum atomic E-state index is 0.608. The first-order valence-electron chi connectivity index (χ1n) is 4.37. The van der Waals surface area contributed by atoms with Crippen LogP contribution in [0.2, 0.25) is 0 Å². The van der Waals surface area contributed by atoms with E-state index in [9.17, 15) is 0 Å². The van der Waals surface area contributed by atoms with Crippen LogP contribution in [0.25, 0.3) is 11.5 Å². The highest BCUT2D eigenvalue weighted by Crippen LogP contribution is 2.18. The number of aryl methyl sites for hydroxylation is 1. The molecule has 0 amide bonds. The van der Waals surface area contributed by atoms with Crippen molar-refractivity contribution in [3.63, 3.8) is 0 Å². The van der Waals surface area contributed by atoms with Crippen LogP contribution in [0.4, 0.5) is 5.95 Å². The monoisotopic (exact) mass is 189 g/mol. The van der Waals surface area contributed by atoms with Gasteiger partial charge in [0.15, 0.2) is 5.76 Å². The van der Waals surface area contributed by atoms with Gasteiger partial charge in [-0.25, -0.2) is 9.97 Å². The van der Waals surface area contributed by atoms with Crippen molar-refractivity contribution in [1.29, 1.82) is 0 Å². The van der Waals surface area contributed by atoms with Crippen molar-refractivity contribution < 1.29 is 4.42 Å². The number of anilines is 1. The SMILES string of the molecule is CNc1nc(C)cc(-c2ccco2)n1. The molecule has 0 unspecified atom stereocenters. The number of nitrogens with one attached hydrogen (secondary N) is 1. The lowest BCUT2D eigenvalue weighted by Gasteiger charge is -2.02. The summed E-state index contributed by atoms with van der Waals surface area (Å²) in [6, 6.07) is 5.60. The summed E-state index contributed by atoms with van der Waals surface area (Å²) in [5.41, 5.74) is 1.71. The van der Waals surface area contributed by atoms with Gasteiger partial charge in [-0.05, 0) is 25.1 Å². The summed E-state index contributed by atoms with van der Waals surface area (Å²) in [5.74, 6) is 1.36. The molecule has 2 heterocycles. The van der Waals surface area contributed by atoms with Gasteiger partial charge in [-0.1, -0.05) is 0 Å². The molecule has 0 aromatic carbocycles. The Morgan fingerprint density at radius 3 is 2.86 bits per heavy atom. The van der Waals surface area contributed by atoms with Crippen molar-refractivity contribution >= 4 is 5.95 Å². The van der Waals surface area contributed by atoms with Gasteiger partial charge in [0.1, 0.15) is 5.69 Å². The van der Waals surface area contributed by atoms with Crippen molar-refractivity contribution in [2.75, 3.05) is 12.4 Å². The van der Waals surface area contributed by atoms with E-state index in [-0.39, 0.29) is 0 Å². The Bertz CT molecular complexity index is 423. The lowest BCUT2D eigenvalue weighted by molar-refractivity contribution is 0.580. The molecule has 0 spiro atoms. The van der Waals surface area contributed by atoms with Crippen molar-refractivity contribution in [3.05, 3.63) is 30.2 Å². The lowest BCUT2D eigenvalue weighted by Crippen LogP contribution is -1.98. The Labute approximate surface area is 82.0 Å². The second-order valence-corrected chi connectivity index (χ2v) is 2.95. The van der Waals surface area contributed by atoms with E-state index in [1.807, 2.05) is 25.1 Å². The van der Waals surface area contributed by atoms with Gasteiger partial charge >= 0.3 is 0 Å². The predicted octanol–water partition coefficient (Wildman–Crippen LogP) is 2.09. The van der Waals surface area contributed by atoms with Crippen LogP contribution in [-0.4, -0.2) is 17.0 Å². The highest BCUT2D eigenvalue weighted by molar-refractivity contribution is 5.54. The minimum Gasteiger partial charge on any atom is -0.463 e. The maximum Gasteiger partial charge on any atom is 0.223 e. The largest absolute Gasteiger partial charge is 0.463 e. The number of hydrogen-bond donors (Lipinski definition) is 1. The van der Waals surface area contributed by atoms with E-state index in [0.717, 1.165) is 17.1 Å². The molecular formula is C10H11N3O. The maximum atomic E-state index is 5.26. The standard InChI is InChI=1S/C10H11N3O/c1-7-6-8(9-4-3-5-14-9)13-10(11-2)12-7/h3-6H,1-2H3,(H,11,12,13). The van der Waals surface area contributed by atoms with Crippen molar-refractivity contribution in [2.45, 2.75) is 6.92 Å². The maximum absolute atomic E-state index is 5.26.